The van der Waals surface area contributed by atoms with Crippen molar-refractivity contribution in [1.29, 1.82) is 0 Å². The molecule has 0 saturated carbocycles. The first-order valence-electron chi connectivity index (χ1n) is 3.90. The van der Waals surface area contributed by atoms with Crippen LogP contribution in [0, 0.1) is 5.92 Å². The van der Waals surface area contributed by atoms with Gasteiger partial charge in [0.15, 0.2) is 0 Å². The van der Waals surface area contributed by atoms with E-state index >= 15 is 0 Å². The Kier molecular flexibility index (Phi) is 5.72. The predicted molar refractivity (Wildman–Crippen MR) is 47.5 cm³/mol. The molecule has 0 radical (unpaired) electrons. The van der Waals surface area contributed by atoms with Gasteiger partial charge < -0.3 is 0 Å². The van der Waals surface area contributed by atoms with Crippen LogP contribution in [-0.4, -0.2) is 26.7 Å². The highest BCUT2D eigenvalue weighted by Crippen LogP contribution is 2.06. The monoisotopic (exact) mass is 179 g/mol. The predicted octanol–water partition coefficient (Wildman–Crippen LogP) is 1.49. The van der Waals surface area contributed by atoms with Crippen molar-refractivity contribution in [3.8, 4) is 0 Å². The summed E-state index contributed by atoms with van der Waals surface area (Å²) in [4.78, 5) is 0. The average Bonchev–Trinajstić information content (AvgIpc) is 1.87. The second kappa shape index (κ2) is 5.69. The minimum atomic E-state index is -1.80. The topological polar surface area (TPSA) is 40.5 Å². The lowest BCUT2D eigenvalue weighted by Gasteiger charge is -2.16. The number of nitrogens with zero attached hydrogens (tertiary/aromatic N) is 1. The molecular weight excluding hydrogens is 162 g/mol. The molecule has 2 unspecified atom stereocenters. The quantitative estimate of drug-likeness (QED) is 0.650. The van der Waals surface area contributed by atoms with Gasteiger partial charge in [-0.2, -0.15) is 0 Å². The molecule has 0 bridgehead atoms. The summed E-state index contributed by atoms with van der Waals surface area (Å²) in [6.45, 7) is 4.90. The van der Waals surface area contributed by atoms with Crippen LogP contribution in [0.1, 0.15) is 26.7 Å². The second-order valence-electron chi connectivity index (χ2n) is 2.94. The summed E-state index contributed by atoms with van der Waals surface area (Å²) in [6, 6.07) is 0. The molecule has 1 N–H and O–H groups in total. The van der Waals surface area contributed by atoms with Gasteiger partial charge in [0, 0.05) is 13.6 Å². The molecule has 3 nitrogen and oxygen atoms in total. The van der Waals surface area contributed by atoms with E-state index in [0.717, 1.165) is 12.8 Å². The highest BCUT2D eigenvalue weighted by Gasteiger charge is 2.08. The molecule has 0 saturated heterocycles. The fraction of sp³-hybridized carbons (Fsp3) is 1.00. The van der Waals surface area contributed by atoms with Crippen LogP contribution in [0.5, 0.6) is 0 Å². The lowest BCUT2D eigenvalue weighted by atomic mass is 10.1. The summed E-state index contributed by atoms with van der Waals surface area (Å²) < 4.78 is 20.6. The molecule has 68 valence electrons. The highest BCUT2D eigenvalue weighted by molar-refractivity contribution is 7.76. The molecular formula is C7H17NO2S. The molecule has 0 rings (SSSR count). The van der Waals surface area contributed by atoms with Crippen LogP contribution in [0.25, 0.3) is 0 Å². The molecule has 0 aliphatic rings. The van der Waals surface area contributed by atoms with Crippen LogP contribution in [-0.2, 0) is 11.3 Å². The van der Waals surface area contributed by atoms with Crippen LogP contribution >= 0.6 is 0 Å². The summed E-state index contributed by atoms with van der Waals surface area (Å²) >= 11 is -1.80. The van der Waals surface area contributed by atoms with Gasteiger partial charge in [-0.25, -0.2) is 8.51 Å². The van der Waals surface area contributed by atoms with Gasteiger partial charge in [-0.1, -0.05) is 20.3 Å². The Morgan fingerprint density at radius 1 is 1.64 bits per heavy atom. The minimum Gasteiger partial charge on any atom is -0.294 e. The molecule has 0 aliphatic heterocycles. The van der Waals surface area contributed by atoms with Gasteiger partial charge in [0.1, 0.15) is 0 Å². The smallest absolute Gasteiger partial charge is 0.234 e. The van der Waals surface area contributed by atoms with Gasteiger partial charge in [0.2, 0.25) is 11.3 Å². The third-order valence-corrected chi connectivity index (χ3v) is 2.30. The van der Waals surface area contributed by atoms with Gasteiger partial charge in [-0.3, -0.25) is 4.55 Å². The molecule has 0 aliphatic carbocycles. The lowest BCUT2D eigenvalue weighted by molar-refractivity contribution is 0.374. The van der Waals surface area contributed by atoms with E-state index in [4.69, 9.17) is 4.55 Å². The van der Waals surface area contributed by atoms with Crippen molar-refractivity contribution >= 4 is 11.3 Å². The van der Waals surface area contributed by atoms with Crippen molar-refractivity contribution in [2.75, 3.05) is 13.6 Å². The summed E-state index contributed by atoms with van der Waals surface area (Å²) in [5.74, 6) is 0.501. The molecule has 0 heterocycles. The molecule has 4 heteroatoms. The maximum absolute atomic E-state index is 10.5. The van der Waals surface area contributed by atoms with E-state index in [1.54, 1.807) is 7.05 Å². The standard InChI is InChI=1S/C7H17NO2S/c1-4-5-7(2)6-8(3)11(9)10/h7H,4-6H2,1-3H3,(H,9,10). The molecule has 2 atom stereocenters. The SMILES string of the molecule is CCCC(C)CN(C)S(=O)O. The van der Waals surface area contributed by atoms with Crippen LogP contribution in [0.15, 0.2) is 0 Å². The summed E-state index contributed by atoms with van der Waals surface area (Å²) in [5, 5.41) is 0. The van der Waals surface area contributed by atoms with E-state index in [9.17, 15) is 4.21 Å². The maximum Gasteiger partial charge on any atom is 0.234 e. The average molecular weight is 179 g/mol. The zero-order valence-electron chi connectivity index (χ0n) is 7.41. The highest BCUT2D eigenvalue weighted by atomic mass is 32.2. The van der Waals surface area contributed by atoms with Crippen LogP contribution in [0.2, 0.25) is 0 Å². The Morgan fingerprint density at radius 3 is 2.55 bits per heavy atom. The largest absolute Gasteiger partial charge is 0.294 e. The van der Waals surface area contributed by atoms with Gasteiger partial charge in [-0.05, 0) is 12.3 Å². The Morgan fingerprint density at radius 2 is 2.18 bits per heavy atom. The molecule has 0 aromatic rings. The molecule has 0 fully saturated rings. The van der Waals surface area contributed by atoms with Crippen LogP contribution < -0.4 is 0 Å². The van der Waals surface area contributed by atoms with Gasteiger partial charge in [0.05, 0.1) is 0 Å². The first kappa shape index (κ1) is 11.1. The van der Waals surface area contributed by atoms with E-state index < -0.39 is 11.3 Å². The van der Waals surface area contributed by atoms with Crippen LogP contribution in [0.4, 0.5) is 0 Å². The van der Waals surface area contributed by atoms with Crippen molar-refractivity contribution in [2.24, 2.45) is 5.92 Å². The van der Waals surface area contributed by atoms with Crippen molar-refractivity contribution in [3.63, 3.8) is 0 Å². The first-order chi connectivity index (χ1) is 5.07. The van der Waals surface area contributed by atoms with Crippen molar-refractivity contribution in [1.82, 2.24) is 4.31 Å². The third kappa shape index (κ3) is 5.35. The van der Waals surface area contributed by atoms with Gasteiger partial charge in [-0.15, -0.1) is 0 Å². The van der Waals surface area contributed by atoms with Gasteiger partial charge >= 0.3 is 0 Å². The van der Waals surface area contributed by atoms with Crippen LogP contribution in [0.3, 0.4) is 0 Å². The first-order valence-corrected chi connectivity index (χ1v) is 4.96. The molecule has 11 heavy (non-hydrogen) atoms. The normalized spacial score (nSPS) is 16.8. The zero-order valence-corrected chi connectivity index (χ0v) is 8.23. The number of hydrogen-bond donors (Lipinski definition) is 1. The fourth-order valence-corrected chi connectivity index (χ4v) is 1.47. The number of hydrogen-bond acceptors (Lipinski definition) is 1. The van der Waals surface area contributed by atoms with E-state index in [1.165, 1.54) is 4.31 Å². The molecule has 0 spiro atoms. The fourth-order valence-electron chi connectivity index (χ4n) is 1.09. The van der Waals surface area contributed by atoms with E-state index in [2.05, 4.69) is 13.8 Å². The lowest BCUT2D eigenvalue weighted by Crippen LogP contribution is -2.25. The number of rotatable bonds is 5. The Bertz CT molecular complexity index is 130. The molecule has 0 aromatic carbocycles. The summed E-state index contributed by atoms with van der Waals surface area (Å²) in [5.41, 5.74) is 0. The van der Waals surface area contributed by atoms with Gasteiger partial charge in [0.25, 0.3) is 0 Å². The van der Waals surface area contributed by atoms with E-state index in [-0.39, 0.29) is 0 Å². The zero-order chi connectivity index (χ0) is 8.85. The second-order valence-corrected chi connectivity index (χ2v) is 4.02. The van der Waals surface area contributed by atoms with Crippen molar-refractivity contribution in [2.45, 2.75) is 26.7 Å². The van der Waals surface area contributed by atoms with E-state index in [1.807, 2.05) is 0 Å². The molecule has 0 amide bonds. The Balaban J connectivity index is 3.56. The maximum atomic E-state index is 10.5. The minimum absolute atomic E-state index is 0.501. The van der Waals surface area contributed by atoms with E-state index in [0.29, 0.717) is 12.5 Å². The Labute approximate surface area is 71.2 Å². The van der Waals surface area contributed by atoms with Crippen molar-refractivity contribution < 1.29 is 8.76 Å². The van der Waals surface area contributed by atoms with Crippen molar-refractivity contribution in [3.05, 3.63) is 0 Å². The summed E-state index contributed by atoms with van der Waals surface area (Å²) in [7, 11) is 1.66. The molecule has 0 aromatic heterocycles. The third-order valence-electron chi connectivity index (χ3n) is 1.62. The Hall–Kier alpha value is 0.0700. The summed E-state index contributed by atoms with van der Waals surface area (Å²) in [6.07, 6.45) is 2.24.